The van der Waals surface area contributed by atoms with Crippen LogP contribution in [0.15, 0.2) is 0 Å². The second-order valence-electron chi connectivity index (χ2n) is 2.44. The third-order valence-electron chi connectivity index (χ3n) is 1.69. The Bertz CT molecular complexity index is 160. The fourth-order valence-corrected chi connectivity index (χ4v) is 1.03. The maximum atomic E-state index is 9.85. The van der Waals surface area contributed by atoms with E-state index >= 15 is 0 Å². The highest BCUT2D eigenvalue weighted by molar-refractivity contribution is 5.37. The minimum Gasteiger partial charge on any atom is -0.435 e. The molecule has 6 nitrogen and oxygen atoms in total. The van der Waals surface area contributed by atoms with Gasteiger partial charge >= 0.3 is 0 Å². The molecule has 1 heterocycles. The Labute approximate surface area is 68.3 Å². The van der Waals surface area contributed by atoms with Crippen LogP contribution in [0.3, 0.4) is 0 Å². The SMILES string of the molecule is O=COC1O[C@H](CO)[C@@H](O)[C@H]1O. The lowest BCUT2D eigenvalue weighted by Gasteiger charge is -2.11. The molecule has 0 saturated carbocycles. The van der Waals surface area contributed by atoms with E-state index in [-0.39, 0.29) is 6.47 Å². The van der Waals surface area contributed by atoms with Crippen LogP contribution in [0.25, 0.3) is 0 Å². The Balaban J connectivity index is 2.53. The highest BCUT2D eigenvalue weighted by Crippen LogP contribution is 2.20. The van der Waals surface area contributed by atoms with Crippen molar-refractivity contribution in [2.45, 2.75) is 24.6 Å². The number of hydrogen-bond donors (Lipinski definition) is 3. The summed E-state index contributed by atoms with van der Waals surface area (Å²) in [7, 11) is 0. The van der Waals surface area contributed by atoms with E-state index in [0.29, 0.717) is 0 Å². The van der Waals surface area contributed by atoms with Crippen molar-refractivity contribution in [1.29, 1.82) is 0 Å². The normalized spacial score (nSPS) is 41.2. The first kappa shape index (κ1) is 9.40. The van der Waals surface area contributed by atoms with Gasteiger partial charge in [-0.15, -0.1) is 0 Å². The molecule has 1 saturated heterocycles. The van der Waals surface area contributed by atoms with E-state index in [4.69, 9.17) is 20.1 Å². The summed E-state index contributed by atoms with van der Waals surface area (Å²) in [5.74, 6) is 0. The number of ether oxygens (including phenoxy) is 2. The van der Waals surface area contributed by atoms with Crippen molar-refractivity contribution in [3.05, 3.63) is 0 Å². The minimum atomic E-state index is -1.30. The Morgan fingerprint density at radius 2 is 2.08 bits per heavy atom. The van der Waals surface area contributed by atoms with Crippen LogP contribution in [-0.4, -0.2) is 53.0 Å². The molecule has 0 aliphatic carbocycles. The van der Waals surface area contributed by atoms with Crippen molar-refractivity contribution >= 4 is 6.47 Å². The number of aliphatic hydroxyl groups excluding tert-OH is 3. The first-order valence-electron chi connectivity index (χ1n) is 3.42. The summed E-state index contributed by atoms with van der Waals surface area (Å²) in [5, 5.41) is 26.8. The molecule has 1 aliphatic heterocycles. The van der Waals surface area contributed by atoms with Gasteiger partial charge < -0.3 is 24.8 Å². The van der Waals surface area contributed by atoms with Crippen molar-refractivity contribution in [2.24, 2.45) is 0 Å². The largest absolute Gasteiger partial charge is 0.435 e. The van der Waals surface area contributed by atoms with Crippen molar-refractivity contribution in [3.63, 3.8) is 0 Å². The summed E-state index contributed by atoms with van der Waals surface area (Å²) in [5.41, 5.74) is 0. The molecule has 6 heteroatoms. The fraction of sp³-hybridized carbons (Fsp3) is 0.833. The van der Waals surface area contributed by atoms with Crippen molar-refractivity contribution in [3.8, 4) is 0 Å². The van der Waals surface area contributed by atoms with Gasteiger partial charge in [-0.1, -0.05) is 0 Å². The van der Waals surface area contributed by atoms with Crippen LogP contribution in [0.4, 0.5) is 0 Å². The summed E-state index contributed by atoms with van der Waals surface area (Å²) in [6.07, 6.45) is -4.60. The molecular formula is C6H10O6. The molecule has 0 aromatic carbocycles. The smallest absolute Gasteiger partial charge is 0.295 e. The Morgan fingerprint density at radius 3 is 2.50 bits per heavy atom. The van der Waals surface area contributed by atoms with Gasteiger partial charge in [0.1, 0.15) is 18.3 Å². The fourth-order valence-electron chi connectivity index (χ4n) is 1.03. The molecule has 3 N–H and O–H groups in total. The standard InChI is InChI=1S/C6H10O6/c7-1-3-4(9)5(10)6(12-3)11-2-8/h2-7,9-10H,1H2/t3-,4-,5-,6?/m1/s1. The molecule has 0 aromatic rings. The van der Waals surface area contributed by atoms with Crippen molar-refractivity contribution in [2.75, 3.05) is 6.61 Å². The molecule has 0 bridgehead atoms. The highest BCUT2D eigenvalue weighted by Gasteiger charge is 2.43. The minimum absolute atomic E-state index is 0.111. The number of carbonyl (C=O) groups is 1. The molecule has 1 rings (SSSR count). The quantitative estimate of drug-likeness (QED) is 0.417. The van der Waals surface area contributed by atoms with Gasteiger partial charge in [0.25, 0.3) is 6.47 Å². The van der Waals surface area contributed by atoms with Crippen molar-refractivity contribution in [1.82, 2.24) is 0 Å². The van der Waals surface area contributed by atoms with E-state index < -0.39 is 31.2 Å². The second-order valence-corrected chi connectivity index (χ2v) is 2.44. The summed E-state index contributed by atoms with van der Waals surface area (Å²) in [4.78, 5) is 9.85. The van der Waals surface area contributed by atoms with Gasteiger partial charge in [-0.25, -0.2) is 0 Å². The van der Waals surface area contributed by atoms with E-state index in [1.54, 1.807) is 0 Å². The van der Waals surface area contributed by atoms with Crippen LogP contribution in [0.1, 0.15) is 0 Å². The van der Waals surface area contributed by atoms with Crippen LogP contribution >= 0.6 is 0 Å². The molecule has 0 radical (unpaired) electrons. The van der Waals surface area contributed by atoms with Gasteiger partial charge in [0, 0.05) is 0 Å². The van der Waals surface area contributed by atoms with Crippen LogP contribution in [0.2, 0.25) is 0 Å². The zero-order chi connectivity index (χ0) is 9.14. The molecule has 12 heavy (non-hydrogen) atoms. The molecule has 1 unspecified atom stereocenters. The van der Waals surface area contributed by atoms with Gasteiger partial charge in [0.15, 0.2) is 0 Å². The number of rotatable bonds is 3. The first-order chi connectivity index (χ1) is 5.70. The van der Waals surface area contributed by atoms with Crippen molar-refractivity contribution < 1.29 is 29.6 Å². The Hall–Kier alpha value is -0.690. The number of carbonyl (C=O) groups excluding carboxylic acids is 1. The van der Waals surface area contributed by atoms with Gasteiger partial charge in [0.2, 0.25) is 6.29 Å². The monoisotopic (exact) mass is 178 g/mol. The molecular weight excluding hydrogens is 168 g/mol. The van der Waals surface area contributed by atoms with E-state index in [1.807, 2.05) is 0 Å². The van der Waals surface area contributed by atoms with Gasteiger partial charge in [0.05, 0.1) is 6.61 Å². The molecule has 1 fully saturated rings. The zero-order valence-corrected chi connectivity index (χ0v) is 6.16. The first-order valence-corrected chi connectivity index (χ1v) is 3.42. The molecule has 0 spiro atoms. The van der Waals surface area contributed by atoms with E-state index in [2.05, 4.69) is 4.74 Å². The Morgan fingerprint density at radius 1 is 1.42 bits per heavy atom. The van der Waals surface area contributed by atoms with E-state index in [0.717, 1.165) is 0 Å². The molecule has 4 atom stereocenters. The molecule has 0 amide bonds. The van der Waals surface area contributed by atoms with Crippen LogP contribution in [0.5, 0.6) is 0 Å². The predicted molar refractivity (Wildman–Crippen MR) is 34.9 cm³/mol. The van der Waals surface area contributed by atoms with Gasteiger partial charge in [-0.2, -0.15) is 0 Å². The average molecular weight is 178 g/mol. The van der Waals surface area contributed by atoms with Crippen LogP contribution in [0, 0.1) is 0 Å². The second kappa shape index (κ2) is 3.81. The molecule has 1 aliphatic rings. The lowest BCUT2D eigenvalue weighted by Crippen LogP contribution is -2.34. The summed E-state index contributed by atoms with van der Waals surface area (Å²) in [6.45, 7) is -0.322. The summed E-state index contributed by atoms with van der Waals surface area (Å²) >= 11 is 0. The third kappa shape index (κ3) is 1.56. The van der Waals surface area contributed by atoms with Gasteiger partial charge in [-0.05, 0) is 0 Å². The average Bonchev–Trinajstić information content (AvgIpc) is 2.33. The zero-order valence-electron chi connectivity index (χ0n) is 6.16. The lowest BCUT2D eigenvalue weighted by molar-refractivity contribution is -0.176. The topological polar surface area (TPSA) is 96.2 Å². The number of aliphatic hydroxyl groups is 3. The van der Waals surface area contributed by atoms with Gasteiger partial charge in [-0.3, -0.25) is 4.79 Å². The maximum absolute atomic E-state index is 9.85. The van der Waals surface area contributed by atoms with E-state index in [9.17, 15) is 4.79 Å². The highest BCUT2D eigenvalue weighted by atomic mass is 16.7. The maximum Gasteiger partial charge on any atom is 0.295 e. The predicted octanol–water partition coefficient (Wildman–Crippen LogP) is -2.40. The van der Waals surface area contributed by atoms with Crippen LogP contribution < -0.4 is 0 Å². The van der Waals surface area contributed by atoms with Crippen LogP contribution in [-0.2, 0) is 14.3 Å². The Kier molecular flexibility index (Phi) is 2.99. The summed E-state index contributed by atoms with van der Waals surface area (Å²) < 4.78 is 9.07. The lowest BCUT2D eigenvalue weighted by atomic mass is 10.1. The third-order valence-corrected chi connectivity index (χ3v) is 1.69. The number of hydrogen-bond acceptors (Lipinski definition) is 6. The summed E-state index contributed by atoms with van der Waals surface area (Å²) in [6, 6.07) is 0. The van der Waals surface area contributed by atoms with E-state index in [1.165, 1.54) is 0 Å². The molecule has 0 aromatic heterocycles. The molecule has 70 valence electrons.